The summed E-state index contributed by atoms with van der Waals surface area (Å²) in [5.41, 5.74) is 0. The van der Waals surface area contributed by atoms with E-state index in [1.165, 1.54) is 6.92 Å². The Hall–Kier alpha value is -1.45. The highest BCUT2D eigenvalue weighted by Gasteiger charge is 1.96. The zero-order valence-electron chi connectivity index (χ0n) is 13.1. The molecule has 0 atom stereocenters. The van der Waals surface area contributed by atoms with Gasteiger partial charge in [-0.05, 0) is 13.8 Å². The van der Waals surface area contributed by atoms with Gasteiger partial charge in [-0.25, -0.2) is 9.97 Å². The van der Waals surface area contributed by atoms with Crippen LogP contribution >= 0.6 is 0 Å². The molecule has 1 rings (SSSR count). The van der Waals surface area contributed by atoms with E-state index < -0.39 is 0 Å². The maximum absolute atomic E-state index is 10.5. The molecule has 0 fully saturated rings. The average molecular weight is 256 g/mol. The van der Waals surface area contributed by atoms with E-state index in [2.05, 4.69) is 9.97 Å². The molecule has 0 unspecified atom stereocenters. The van der Waals surface area contributed by atoms with Gasteiger partial charge in [0, 0.05) is 0 Å². The minimum Gasteiger partial charge on any atom is -0.483 e. The van der Waals surface area contributed by atoms with E-state index in [-0.39, 0.29) is 12.4 Å². The summed E-state index contributed by atoms with van der Waals surface area (Å²) < 4.78 is 5.05. The van der Waals surface area contributed by atoms with Crippen molar-refractivity contribution in [3.8, 4) is 5.75 Å². The van der Waals surface area contributed by atoms with Crippen molar-refractivity contribution in [2.75, 3.05) is 6.61 Å². The average Bonchev–Trinajstić information content (AvgIpc) is 2.45. The molecule has 106 valence electrons. The second-order valence-electron chi connectivity index (χ2n) is 2.46. The summed E-state index contributed by atoms with van der Waals surface area (Å²) in [6, 6.07) is 0. The maximum Gasteiger partial charge on any atom is 0.167 e. The Morgan fingerprint density at radius 2 is 1.44 bits per heavy atom. The van der Waals surface area contributed by atoms with Crippen LogP contribution in [0.25, 0.3) is 0 Å². The van der Waals surface area contributed by atoms with Gasteiger partial charge in [0.05, 0.1) is 12.4 Å². The normalized spacial score (nSPS) is 7.33. The van der Waals surface area contributed by atoms with E-state index in [1.807, 2.05) is 41.5 Å². The molecule has 4 nitrogen and oxygen atoms in total. The minimum absolute atomic E-state index is 0.0180. The molecule has 0 aliphatic heterocycles. The van der Waals surface area contributed by atoms with Gasteiger partial charge in [0.15, 0.2) is 11.5 Å². The second kappa shape index (κ2) is 17.9. The molecule has 1 aromatic rings. The van der Waals surface area contributed by atoms with E-state index in [1.54, 1.807) is 19.3 Å². The van der Waals surface area contributed by atoms with Gasteiger partial charge < -0.3 is 4.74 Å². The molecule has 1 heterocycles. The quantitative estimate of drug-likeness (QED) is 0.824. The van der Waals surface area contributed by atoms with Gasteiger partial charge in [-0.1, -0.05) is 41.5 Å². The fourth-order valence-corrected chi connectivity index (χ4v) is 0.640. The highest BCUT2D eigenvalue weighted by molar-refractivity contribution is 5.77. The number of aromatic nitrogens is 2. The van der Waals surface area contributed by atoms with Gasteiger partial charge in [0.1, 0.15) is 12.4 Å². The van der Waals surface area contributed by atoms with Crippen molar-refractivity contribution in [2.24, 2.45) is 0 Å². The highest BCUT2D eigenvalue weighted by atomic mass is 16.5. The third-order valence-electron chi connectivity index (χ3n) is 1.20. The van der Waals surface area contributed by atoms with Crippen LogP contribution < -0.4 is 4.74 Å². The van der Waals surface area contributed by atoms with Crippen molar-refractivity contribution in [3.05, 3.63) is 18.2 Å². The van der Waals surface area contributed by atoms with Crippen LogP contribution in [-0.4, -0.2) is 22.4 Å². The van der Waals surface area contributed by atoms with Crippen molar-refractivity contribution in [1.29, 1.82) is 0 Å². The van der Waals surface area contributed by atoms with Crippen LogP contribution in [0.2, 0.25) is 0 Å². The summed E-state index contributed by atoms with van der Waals surface area (Å²) in [4.78, 5) is 18.3. The zero-order chi connectivity index (χ0) is 15.0. The molecular weight excluding hydrogens is 228 g/mol. The lowest BCUT2D eigenvalue weighted by Gasteiger charge is -2.01. The smallest absolute Gasteiger partial charge is 0.167 e. The largest absolute Gasteiger partial charge is 0.483 e. The van der Waals surface area contributed by atoms with Crippen molar-refractivity contribution in [3.63, 3.8) is 0 Å². The molecule has 1 aromatic heterocycles. The minimum atomic E-state index is -0.0180. The lowest BCUT2D eigenvalue weighted by Crippen LogP contribution is -2.07. The van der Waals surface area contributed by atoms with Crippen LogP contribution in [0.1, 0.15) is 54.3 Å². The molecule has 0 radical (unpaired) electrons. The van der Waals surface area contributed by atoms with Crippen LogP contribution in [0.5, 0.6) is 5.75 Å². The number of ether oxygens (including phenoxy) is 1. The van der Waals surface area contributed by atoms with Crippen LogP contribution in [-0.2, 0) is 4.79 Å². The maximum atomic E-state index is 10.5. The number of carbonyl (C=O) groups excluding carboxylic acids is 1. The predicted molar refractivity (Wildman–Crippen MR) is 77.0 cm³/mol. The molecule has 0 N–H and O–H groups in total. The molecule has 0 saturated carbocycles. The van der Waals surface area contributed by atoms with Crippen molar-refractivity contribution >= 4 is 5.78 Å². The van der Waals surface area contributed by atoms with Crippen molar-refractivity contribution in [2.45, 2.75) is 55.4 Å². The zero-order valence-corrected chi connectivity index (χ0v) is 13.1. The number of hydrogen-bond acceptors (Lipinski definition) is 4. The predicted octanol–water partition coefficient (Wildman–Crippen LogP) is 3.83. The number of ketones is 1. The Bertz CT molecular complexity index is 272. The molecule has 0 aliphatic carbocycles. The first-order chi connectivity index (χ1) is 8.68. The first kappa shape index (κ1) is 21.8. The summed E-state index contributed by atoms with van der Waals surface area (Å²) in [5, 5.41) is 0. The first-order valence-corrected chi connectivity index (χ1v) is 6.59. The van der Waals surface area contributed by atoms with Gasteiger partial charge in [-0.3, -0.25) is 4.79 Å². The Labute approximate surface area is 112 Å². The van der Waals surface area contributed by atoms with E-state index in [9.17, 15) is 4.79 Å². The third kappa shape index (κ3) is 14.6. The fraction of sp³-hybridized carbons (Fsp3) is 0.643. The van der Waals surface area contributed by atoms with E-state index in [0.29, 0.717) is 11.6 Å². The lowest BCUT2D eigenvalue weighted by molar-refractivity contribution is -0.118. The Balaban J connectivity index is -0.000000328. The summed E-state index contributed by atoms with van der Waals surface area (Å²) in [5.74, 6) is 1.19. The third-order valence-corrected chi connectivity index (χ3v) is 1.20. The molecule has 0 aliphatic rings. The fourth-order valence-electron chi connectivity index (χ4n) is 0.640. The highest BCUT2D eigenvalue weighted by Crippen LogP contribution is 2.04. The molecular formula is C14H28N2O2. The number of nitrogens with zero attached hydrogens (tertiary/aromatic N) is 2. The summed E-state index contributed by atoms with van der Waals surface area (Å²) in [7, 11) is 0. The lowest BCUT2D eigenvalue weighted by atomic mass is 10.5. The SMILES string of the molecule is CC.CC.CC.CC(=O)COc1cnc(C)nc1. The number of aryl methyl sites for hydroxylation is 1. The Morgan fingerprint density at radius 1 is 1.06 bits per heavy atom. The van der Waals surface area contributed by atoms with Crippen LogP contribution in [0.3, 0.4) is 0 Å². The molecule has 4 heteroatoms. The monoisotopic (exact) mass is 256 g/mol. The molecule has 0 aromatic carbocycles. The Morgan fingerprint density at radius 3 is 1.78 bits per heavy atom. The first-order valence-electron chi connectivity index (χ1n) is 6.59. The van der Waals surface area contributed by atoms with Gasteiger partial charge in [-0.2, -0.15) is 0 Å². The topological polar surface area (TPSA) is 52.1 Å². The van der Waals surface area contributed by atoms with E-state index >= 15 is 0 Å². The standard InChI is InChI=1S/C8H10N2O2.3C2H6/c1-6(11)5-12-8-3-9-7(2)10-4-8;3*1-2/h3-4H,5H2,1-2H3;3*1-2H3. The molecule has 0 saturated heterocycles. The van der Waals surface area contributed by atoms with Crippen LogP contribution in [0.15, 0.2) is 12.4 Å². The summed E-state index contributed by atoms with van der Waals surface area (Å²) in [6.07, 6.45) is 3.09. The van der Waals surface area contributed by atoms with Crippen LogP contribution in [0, 0.1) is 6.92 Å². The van der Waals surface area contributed by atoms with Gasteiger partial charge >= 0.3 is 0 Å². The summed E-state index contributed by atoms with van der Waals surface area (Å²) in [6.45, 7) is 15.3. The van der Waals surface area contributed by atoms with Crippen molar-refractivity contribution in [1.82, 2.24) is 9.97 Å². The number of Topliss-reactive ketones (excluding diaryl/α,β-unsaturated/α-hetero) is 1. The second-order valence-corrected chi connectivity index (χ2v) is 2.46. The van der Waals surface area contributed by atoms with Crippen LogP contribution in [0.4, 0.5) is 0 Å². The molecule has 0 bridgehead atoms. The molecule has 0 amide bonds. The molecule has 0 spiro atoms. The van der Waals surface area contributed by atoms with E-state index in [4.69, 9.17) is 4.74 Å². The summed E-state index contributed by atoms with van der Waals surface area (Å²) >= 11 is 0. The van der Waals surface area contributed by atoms with Gasteiger partial charge in [0.25, 0.3) is 0 Å². The van der Waals surface area contributed by atoms with Crippen molar-refractivity contribution < 1.29 is 9.53 Å². The number of carbonyl (C=O) groups is 1. The van der Waals surface area contributed by atoms with Gasteiger partial charge in [-0.15, -0.1) is 0 Å². The number of rotatable bonds is 3. The van der Waals surface area contributed by atoms with Gasteiger partial charge in [0.2, 0.25) is 0 Å². The number of hydrogen-bond donors (Lipinski definition) is 0. The molecule has 18 heavy (non-hydrogen) atoms. The Kier molecular flexibility index (Phi) is 21.7. The van der Waals surface area contributed by atoms with E-state index in [0.717, 1.165) is 0 Å².